The number of nitrogens with zero attached hydrogens (tertiary/aromatic N) is 2. The third kappa shape index (κ3) is 9.12. The van der Waals surface area contributed by atoms with Crippen LogP contribution in [0.2, 0.25) is 0 Å². The van der Waals surface area contributed by atoms with Crippen LogP contribution in [0.5, 0.6) is 0 Å². The van der Waals surface area contributed by atoms with Crippen LogP contribution < -0.4 is 0 Å². The van der Waals surface area contributed by atoms with Gasteiger partial charge in [0.15, 0.2) is 0 Å². The molecule has 2 heterocycles. The van der Waals surface area contributed by atoms with Crippen LogP contribution in [0.1, 0.15) is 68.2 Å². The lowest BCUT2D eigenvalue weighted by molar-refractivity contribution is -0.131. The normalized spacial score (nSPS) is 26.4. The molecule has 2 aliphatic heterocycles. The molecule has 0 radical (unpaired) electrons. The van der Waals surface area contributed by atoms with E-state index in [-0.39, 0.29) is 36.9 Å². The summed E-state index contributed by atoms with van der Waals surface area (Å²) in [6, 6.07) is -0.227. The van der Waals surface area contributed by atoms with Crippen molar-refractivity contribution in [2.45, 2.75) is 92.4 Å². The minimum atomic E-state index is -2.68. The minimum Gasteiger partial charge on any atom is -0.337 e. The van der Waals surface area contributed by atoms with Gasteiger partial charge in [0.05, 0.1) is 13.1 Å². The molecule has 0 bridgehead atoms. The second kappa shape index (κ2) is 12.1. The van der Waals surface area contributed by atoms with E-state index in [0.717, 1.165) is 0 Å². The van der Waals surface area contributed by atoms with Crippen molar-refractivity contribution < 1.29 is 22.8 Å². The molecule has 2 amide bonds. The predicted octanol–water partition coefficient (Wildman–Crippen LogP) is 4.28. The van der Waals surface area contributed by atoms with Gasteiger partial charge in [-0.3, -0.25) is 9.59 Å². The van der Waals surface area contributed by atoms with Gasteiger partial charge in [-0.05, 0) is 13.8 Å². The minimum absolute atomic E-state index is 0.0207. The number of hydrogen-bond acceptors (Lipinski definition) is 2. The molecular formula is C18H35F3N2O2. The Hall–Kier alpha value is -1.27. The second-order valence-electron chi connectivity index (χ2n) is 5.91. The molecule has 0 aliphatic carbocycles. The quantitative estimate of drug-likeness (QED) is 0.640. The molecule has 0 aromatic rings. The number of carbonyl (C=O) groups is 2. The highest BCUT2D eigenvalue weighted by molar-refractivity contribution is 5.74. The molecule has 0 aromatic heterocycles. The standard InChI is InChI=1S/C7H11F2NO.C7H12FNO.2C2H6/c1-5-3-7(8,9)4-10(5)6(2)11;1-5-3-7(8)4-9(5)6(2)10;2*1-2/h5H,3-4H2,1-2H3;5,7H,3-4H2,1-2H3;2*1-2H3/t5-;5-,7?;;/m11../s1. The molecule has 1 unspecified atom stereocenters. The van der Waals surface area contributed by atoms with E-state index in [1.54, 1.807) is 11.8 Å². The van der Waals surface area contributed by atoms with Gasteiger partial charge < -0.3 is 9.80 Å². The largest absolute Gasteiger partial charge is 0.337 e. The van der Waals surface area contributed by atoms with Crippen molar-refractivity contribution in [1.82, 2.24) is 9.80 Å². The summed E-state index contributed by atoms with van der Waals surface area (Å²) in [6.45, 7) is 14.2. The fourth-order valence-corrected chi connectivity index (χ4v) is 2.84. The first-order valence-electron chi connectivity index (χ1n) is 9.10. The van der Waals surface area contributed by atoms with Crippen molar-refractivity contribution in [2.75, 3.05) is 13.1 Å². The number of rotatable bonds is 0. The zero-order chi connectivity index (χ0) is 20.4. The molecule has 7 heteroatoms. The molecule has 150 valence electrons. The third-order valence-electron chi connectivity index (χ3n) is 3.86. The molecule has 4 nitrogen and oxygen atoms in total. The highest BCUT2D eigenvalue weighted by Crippen LogP contribution is 2.31. The Morgan fingerprint density at radius 1 is 0.920 bits per heavy atom. The van der Waals surface area contributed by atoms with Crippen molar-refractivity contribution in [1.29, 1.82) is 0 Å². The summed E-state index contributed by atoms with van der Waals surface area (Å²) in [5.74, 6) is -2.97. The zero-order valence-electron chi connectivity index (χ0n) is 16.9. The van der Waals surface area contributed by atoms with Crippen molar-refractivity contribution in [2.24, 2.45) is 0 Å². The van der Waals surface area contributed by atoms with E-state index in [9.17, 15) is 22.8 Å². The molecule has 3 atom stereocenters. The van der Waals surface area contributed by atoms with Crippen LogP contribution in [-0.2, 0) is 9.59 Å². The fourth-order valence-electron chi connectivity index (χ4n) is 2.84. The monoisotopic (exact) mass is 368 g/mol. The number of halogens is 3. The van der Waals surface area contributed by atoms with Gasteiger partial charge in [-0.2, -0.15) is 0 Å². The predicted molar refractivity (Wildman–Crippen MR) is 95.5 cm³/mol. The van der Waals surface area contributed by atoms with Gasteiger partial charge in [-0.15, -0.1) is 0 Å². The summed E-state index contributed by atoms with van der Waals surface area (Å²) in [4.78, 5) is 24.3. The summed E-state index contributed by atoms with van der Waals surface area (Å²) < 4.78 is 37.8. The molecule has 0 aromatic carbocycles. The SMILES string of the molecule is CC.CC.CC(=O)N1CC(F)(F)C[C@H]1C.CC(=O)N1CC(F)C[C@H]1C. The van der Waals surface area contributed by atoms with Crippen LogP contribution in [0.15, 0.2) is 0 Å². The smallest absolute Gasteiger partial charge is 0.267 e. The molecule has 0 saturated carbocycles. The van der Waals surface area contributed by atoms with Crippen LogP contribution in [0.3, 0.4) is 0 Å². The van der Waals surface area contributed by atoms with Gasteiger partial charge in [0.25, 0.3) is 5.92 Å². The Morgan fingerprint density at radius 3 is 1.52 bits per heavy atom. The summed E-state index contributed by atoms with van der Waals surface area (Å²) >= 11 is 0. The van der Waals surface area contributed by atoms with Crippen molar-refractivity contribution in [3.8, 4) is 0 Å². The summed E-state index contributed by atoms with van der Waals surface area (Å²) in [6.07, 6.45) is -0.509. The lowest BCUT2D eigenvalue weighted by atomic mass is 10.2. The maximum atomic E-state index is 12.6. The number of carbonyl (C=O) groups excluding carboxylic acids is 2. The Balaban J connectivity index is 0. The van der Waals surface area contributed by atoms with E-state index in [1.165, 1.54) is 18.7 Å². The van der Waals surface area contributed by atoms with Crippen LogP contribution in [0.25, 0.3) is 0 Å². The Labute approximate surface area is 150 Å². The first kappa shape index (κ1) is 26.0. The van der Waals surface area contributed by atoms with Crippen molar-refractivity contribution in [3.05, 3.63) is 0 Å². The number of likely N-dealkylation sites (tertiary alicyclic amines) is 2. The lowest BCUT2D eigenvalue weighted by Crippen LogP contribution is -2.33. The molecule has 2 fully saturated rings. The Morgan fingerprint density at radius 2 is 1.36 bits per heavy atom. The topological polar surface area (TPSA) is 40.6 Å². The summed E-state index contributed by atoms with van der Waals surface area (Å²) in [7, 11) is 0. The van der Waals surface area contributed by atoms with Gasteiger partial charge in [0.2, 0.25) is 11.8 Å². The van der Waals surface area contributed by atoms with Crippen molar-refractivity contribution >= 4 is 11.8 Å². The highest BCUT2D eigenvalue weighted by atomic mass is 19.3. The van der Waals surface area contributed by atoms with Gasteiger partial charge in [0, 0.05) is 38.8 Å². The van der Waals surface area contributed by atoms with Gasteiger partial charge in [0.1, 0.15) is 6.17 Å². The van der Waals surface area contributed by atoms with Crippen molar-refractivity contribution in [3.63, 3.8) is 0 Å². The van der Waals surface area contributed by atoms with Crippen LogP contribution >= 0.6 is 0 Å². The first-order valence-corrected chi connectivity index (χ1v) is 9.10. The Bertz CT molecular complexity index is 406. The van der Waals surface area contributed by atoms with E-state index in [4.69, 9.17) is 0 Å². The first-order chi connectivity index (χ1) is 11.5. The summed E-state index contributed by atoms with van der Waals surface area (Å²) in [5, 5.41) is 0. The molecular weight excluding hydrogens is 333 g/mol. The second-order valence-corrected chi connectivity index (χ2v) is 5.91. The number of alkyl halides is 3. The van der Waals surface area contributed by atoms with E-state index in [0.29, 0.717) is 6.42 Å². The van der Waals surface area contributed by atoms with Gasteiger partial charge in [-0.1, -0.05) is 27.7 Å². The highest BCUT2D eigenvalue weighted by Gasteiger charge is 2.43. The van der Waals surface area contributed by atoms with Crippen LogP contribution in [-0.4, -0.2) is 58.9 Å². The molecule has 0 spiro atoms. The molecule has 2 rings (SSSR count). The maximum absolute atomic E-state index is 12.6. The molecule has 2 aliphatic rings. The zero-order valence-corrected chi connectivity index (χ0v) is 16.9. The van der Waals surface area contributed by atoms with Gasteiger partial charge in [-0.25, -0.2) is 13.2 Å². The molecule has 2 saturated heterocycles. The van der Waals surface area contributed by atoms with Gasteiger partial charge >= 0.3 is 0 Å². The third-order valence-corrected chi connectivity index (χ3v) is 3.86. The van der Waals surface area contributed by atoms with Crippen LogP contribution in [0, 0.1) is 0 Å². The fraction of sp³-hybridized carbons (Fsp3) is 0.889. The summed E-state index contributed by atoms with van der Waals surface area (Å²) in [5.41, 5.74) is 0. The van der Waals surface area contributed by atoms with E-state index in [2.05, 4.69) is 0 Å². The number of amides is 2. The van der Waals surface area contributed by atoms with E-state index < -0.39 is 18.6 Å². The van der Waals surface area contributed by atoms with E-state index >= 15 is 0 Å². The average Bonchev–Trinajstić information content (AvgIpc) is 3.01. The Kier molecular flexibility index (Phi) is 12.6. The number of hydrogen-bond donors (Lipinski definition) is 0. The average molecular weight is 368 g/mol. The lowest BCUT2D eigenvalue weighted by Gasteiger charge is -2.17. The molecule has 0 N–H and O–H groups in total. The molecule has 25 heavy (non-hydrogen) atoms. The van der Waals surface area contributed by atoms with Crippen LogP contribution in [0.4, 0.5) is 13.2 Å². The maximum Gasteiger partial charge on any atom is 0.267 e. The van der Waals surface area contributed by atoms with E-state index in [1.807, 2.05) is 34.6 Å².